The lowest BCUT2D eigenvalue weighted by Gasteiger charge is -2.13. The van der Waals surface area contributed by atoms with Crippen molar-refractivity contribution in [3.05, 3.63) is 82.4 Å². The molecule has 0 atom stereocenters. The number of benzene rings is 1. The van der Waals surface area contributed by atoms with E-state index in [1.54, 1.807) is 18.5 Å². The Hall–Kier alpha value is -2.59. The number of halogens is 1. The van der Waals surface area contributed by atoms with Crippen molar-refractivity contribution in [2.45, 2.75) is 20.4 Å². The molecule has 1 amide bonds. The van der Waals surface area contributed by atoms with Gasteiger partial charge in [-0.2, -0.15) is 0 Å². The van der Waals surface area contributed by atoms with Crippen LogP contribution in [0.5, 0.6) is 0 Å². The second-order valence-corrected chi connectivity index (χ2v) is 6.06. The van der Waals surface area contributed by atoms with Gasteiger partial charge in [0.2, 0.25) is 0 Å². The fraction of sp³-hybridized carbons (Fsp3) is 0.158. The molecule has 0 radical (unpaired) electrons. The summed E-state index contributed by atoms with van der Waals surface area (Å²) in [6.07, 6.45) is 3.40. The quantitative estimate of drug-likeness (QED) is 0.778. The molecule has 0 spiro atoms. The van der Waals surface area contributed by atoms with E-state index in [1.807, 2.05) is 50.2 Å². The third kappa shape index (κ3) is 3.34. The smallest absolute Gasteiger partial charge is 0.253 e. The maximum Gasteiger partial charge on any atom is 0.253 e. The average Bonchev–Trinajstić information content (AvgIpc) is 2.93. The number of nitrogens with one attached hydrogen (secondary N) is 1. The van der Waals surface area contributed by atoms with Crippen molar-refractivity contribution in [1.82, 2.24) is 14.9 Å². The molecule has 5 heteroatoms. The number of amides is 1. The summed E-state index contributed by atoms with van der Waals surface area (Å²) in [4.78, 5) is 16.5. The van der Waals surface area contributed by atoms with Crippen molar-refractivity contribution >= 4 is 17.5 Å². The summed E-state index contributed by atoms with van der Waals surface area (Å²) in [5.41, 5.74) is 4.60. The topological polar surface area (TPSA) is 46.9 Å². The van der Waals surface area contributed by atoms with E-state index in [4.69, 9.17) is 11.6 Å². The Morgan fingerprint density at radius 1 is 1.08 bits per heavy atom. The third-order valence-electron chi connectivity index (χ3n) is 3.93. The highest BCUT2D eigenvalue weighted by Gasteiger charge is 2.13. The van der Waals surface area contributed by atoms with E-state index in [-0.39, 0.29) is 5.91 Å². The van der Waals surface area contributed by atoms with E-state index >= 15 is 0 Å². The van der Waals surface area contributed by atoms with Crippen LogP contribution in [0, 0.1) is 13.8 Å². The Morgan fingerprint density at radius 2 is 1.75 bits per heavy atom. The fourth-order valence-corrected chi connectivity index (χ4v) is 2.88. The average molecular weight is 340 g/mol. The van der Waals surface area contributed by atoms with E-state index < -0.39 is 0 Å². The number of nitrogens with zero attached hydrogens (tertiary/aromatic N) is 2. The minimum atomic E-state index is -0.193. The Morgan fingerprint density at radius 3 is 2.42 bits per heavy atom. The molecule has 3 rings (SSSR count). The molecule has 0 aliphatic carbocycles. The van der Waals surface area contributed by atoms with Crippen LogP contribution in [0.25, 0.3) is 5.69 Å². The van der Waals surface area contributed by atoms with Gasteiger partial charge in [-0.3, -0.25) is 9.78 Å². The van der Waals surface area contributed by atoms with E-state index in [1.165, 1.54) is 0 Å². The van der Waals surface area contributed by atoms with E-state index in [0.717, 1.165) is 22.6 Å². The number of rotatable bonds is 4. The van der Waals surface area contributed by atoms with Crippen molar-refractivity contribution < 1.29 is 4.79 Å². The lowest BCUT2D eigenvalue weighted by molar-refractivity contribution is 0.0951. The molecule has 4 nitrogen and oxygen atoms in total. The fourth-order valence-electron chi connectivity index (χ4n) is 2.68. The Labute approximate surface area is 146 Å². The molecule has 122 valence electrons. The van der Waals surface area contributed by atoms with E-state index in [0.29, 0.717) is 17.1 Å². The molecule has 0 aliphatic heterocycles. The van der Waals surface area contributed by atoms with Crippen molar-refractivity contribution in [3.8, 4) is 5.69 Å². The molecule has 24 heavy (non-hydrogen) atoms. The van der Waals surface area contributed by atoms with Gasteiger partial charge in [-0.25, -0.2) is 0 Å². The van der Waals surface area contributed by atoms with Gasteiger partial charge in [0.25, 0.3) is 5.91 Å². The molecule has 1 N–H and O–H groups in total. The number of pyridine rings is 1. The molecule has 0 bridgehead atoms. The van der Waals surface area contributed by atoms with Gasteiger partial charge < -0.3 is 9.88 Å². The van der Waals surface area contributed by atoms with Gasteiger partial charge in [0.15, 0.2) is 0 Å². The molecular formula is C19H18ClN3O. The third-order valence-corrected chi connectivity index (χ3v) is 4.26. The molecule has 2 aromatic heterocycles. The minimum Gasteiger partial charge on any atom is -0.348 e. The summed E-state index contributed by atoms with van der Waals surface area (Å²) >= 11 is 6.23. The van der Waals surface area contributed by atoms with Gasteiger partial charge in [-0.15, -0.1) is 0 Å². The van der Waals surface area contributed by atoms with Crippen LogP contribution in [-0.4, -0.2) is 15.5 Å². The van der Waals surface area contributed by atoms with Crippen LogP contribution in [0.2, 0.25) is 5.02 Å². The maximum atomic E-state index is 12.5. The van der Waals surface area contributed by atoms with Crippen LogP contribution >= 0.6 is 11.6 Å². The highest BCUT2D eigenvalue weighted by atomic mass is 35.5. The summed E-state index contributed by atoms with van der Waals surface area (Å²) in [6, 6.07) is 13.3. The number of carbonyl (C=O) groups is 1. The van der Waals surface area contributed by atoms with Crippen molar-refractivity contribution in [2.75, 3.05) is 0 Å². The van der Waals surface area contributed by atoms with Crippen molar-refractivity contribution in [1.29, 1.82) is 0 Å². The molecule has 0 saturated heterocycles. The van der Waals surface area contributed by atoms with Gasteiger partial charge in [0.1, 0.15) is 0 Å². The van der Waals surface area contributed by atoms with Gasteiger partial charge in [-0.1, -0.05) is 11.6 Å². The molecular weight excluding hydrogens is 322 g/mol. The van der Waals surface area contributed by atoms with Crippen LogP contribution < -0.4 is 5.32 Å². The van der Waals surface area contributed by atoms with Crippen LogP contribution in [0.15, 0.2) is 54.9 Å². The summed E-state index contributed by atoms with van der Waals surface area (Å²) in [6.45, 7) is 4.50. The molecule has 0 unspecified atom stereocenters. The standard InChI is InChI=1S/C19H18ClN3O/c1-13-3-4-14(2)23(13)16-5-6-18(20)17(11-16)19(24)22-12-15-7-9-21-10-8-15/h3-11H,12H2,1-2H3,(H,22,24). The normalized spacial score (nSPS) is 10.6. The first-order valence-electron chi connectivity index (χ1n) is 7.68. The number of hydrogen-bond donors (Lipinski definition) is 1. The zero-order valence-electron chi connectivity index (χ0n) is 13.6. The van der Waals surface area contributed by atoms with Gasteiger partial charge in [0, 0.05) is 36.0 Å². The van der Waals surface area contributed by atoms with Gasteiger partial charge in [0.05, 0.1) is 10.6 Å². The second-order valence-electron chi connectivity index (χ2n) is 5.65. The van der Waals surface area contributed by atoms with E-state index in [9.17, 15) is 4.79 Å². The summed E-state index contributed by atoms with van der Waals surface area (Å²) < 4.78 is 2.09. The second kappa shape index (κ2) is 6.89. The van der Waals surface area contributed by atoms with E-state index in [2.05, 4.69) is 14.9 Å². The molecule has 0 fully saturated rings. The Bertz CT molecular complexity index is 852. The largest absolute Gasteiger partial charge is 0.348 e. The molecule has 3 aromatic rings. The van der Waals surface area contributed by atoms with Crippen molar-refractivity contribution in [2.24, 2.45) is 0 Å². The molecule has 2 heterocycles. The molecule has 0 saturated carbocycles. The summed E-state index contributed by atoms with van der Waals surface area (Å²) in [5, 5.41) is 3.34. The Balaban J connectivity index is 1.85. The van der Waals surface area contributed by atoms with Gasteiger partial charge in [-0.05, 0) is 61.9 Å². The van der Waals surface area contributed by atoms with Gasteiger partial charge >= 0.3 is 0 Å². The van der Waals surface area contributed by atoms with Crippen LogP contribution in [0.4, 0.5) is 0 Å². The van der Waals surface area contributed by atoms with Crippen molar-refractivity contribution in [3.63, 3.8) is 0 Å². The van der Waals surface area contributed by atoms with Crippen LogP contribution in [-0.2, 0) is 6.54 Å². The molecule has 1 aromatic carbocycles. The predicted molar refractivity (Wildman–Crippen MR) is 95.7 cm³/mol. The summed E-state index contributed by atoms with van der Waals surface area (Å²) in [5.74, 6) is -0.193. The highest BCUT2D eigenvalue weighted by Crippen LogP contribution is 2.23. The maximum absolute atomic E-state index is 12.5. The lowest BCUT2D eigenvalue weighted by Crippen LogP contribution is -2.23. The lowest BCUT2D eigenvalue weighted by atomic mass is 10.1. The number of aromatic nitrogens is 2. The SMILES string of the molecule is Cc1ccc(C)n1-c1ccc(Cl)c(C(=O)NCc2ccncc2)c1. The first-order chi connectivity index (χ1) is 11.6. The first kappa shape index (κ1) is 16.3. The highest BCUT2D eigenvalue weighted by molar-refractivity contribution is 6.33. The Kier molecular flexibility index (Phi) is 4.67. The van der Waals surface area contributed by atoms with Crippen LogP contribution in [0.1, 0.15) is 27.3 Å². The number of carbonyl (C=O) groups excluding carboxylic acids is 1. The minimum absolute atomic E-state index is 0.193. The summed E-state index contributed by atoms with van der Waals surface area (Å²) in [7, 11) is 0. The van der Waals surface area contributed by atoms with Crippen LogP contribution in [0.3, 0.4) is 0 Å². The zero-order chi connectivity index (χ0) is 17.1. The monoisotopic (exact) mass is 339 g/mol. The predicted octanol–water partition coefficient (Wildman–Crippen LogP) is 4.07. The number of aryl methyl sites for hydroxylation is 2. The number of hydrogen-bond acceptors (Lipinski definition) is 2. The molecule has 0 aliphatic rings. The first-order valence-corrected chi connectivity index (χ1v) is 8.06. The zero-order valence-corrected chi connectivity index (χ0v) is 14.3.